The van der Waals surface area contributed by atoms with Gasteiger partial charge in [0, 0.05) is 11.3 Å². The molecule has 0 aromatic heterocycles. The van der Waals surface area contributed by atoms with E-state index in [9.17, 15) is 14.4 Å². The number of nitrogen functional groups attached to an aromatic ring is 1. The first-order valence-corrected chi connectivity index (χ1v) is 7.90. The fourth-order valence-electron chi connectivity index (χ4n) is 2.32. The maximum absolute atomic E-state index is 11.9. The van der Waals surface area contributed by atoms with Crippen molar-refractivity contribution < 1.29 is 23.9 Å². The first kappa shape index (κ1) is 17.3. The van der Waals surface area contributed by atoms with Crippen LogP contribution in [0.5, 0.6) is 11.5 Å². The van der Waals surface area contributed by atoms with E-state index in [0.29, 0.717) is 17.2 Å². The van der Waals surface area contributed by atoms with Crippen molar-refractivity contribution in [2.45, 2.75) is 6.10 Å². The Bertz CT molecular complexity index is 835. The van der Waals surface area contributed by atoms with Crippen molar-refractivity contribution in [3.8, 4) is 11.5 Å². The summed E-state index contributed by atoms with van der Waals surface area (Å²) in [6.45, 7) is 0.305. The van der Waals surface area contributed by atoms with Gasteiger partial charge >= 0.3 is 11.8 Å². The van der Waals surface area contributed by atoms with Gasteiger partial charge in [0.05, 0.1) is 6.54 Å². The molecule has 1 aliphatic heterocycles. The van der Waals surface area contributed by atoms with Crippen molar-refractivity contribution in [1.82, 2.24) is 10.6 Å². The number of benzene rings is 2. The standard InChI is InChI=1S/C18H17N3O5/c19-12-7-5-11(6-8-12)16(22)21-18(24)17(23)20-9-13-10-25-14-3-1-2-4-15(14)26-13/h1-8,13H,9-10,19H2,(H,20,23)(H,21,22,24). The Morgan fingerprint density at radius 3 is 2.42 bits per heavy atom. The fraction of sp³-hybridized carbons (Fsp3) is 0.167. The highest BCUT2D eigenvalue weighted by Crippen LogP contribution is 2.30. The van der Waals surface area contributed by atoms with Gasteiger partial charge in [0.1, 0.15) is 12.7 Å². The lowest BCUT2D eigenvalue weighted by Gasteiger charge is -2.26. The lowest BCUT2D eigenvalue weighted by Crippen LogP contribution is -2.47. The predicted octanol–water partition coefficient (Wildman–Crippen LogP) is 0.481. The summed E-state index contributed by atoms with van der Waals surface area (Å²) in [5.41, 5.74) is 6.24. The topological polar surface area (TPSA) is 120 Å². The van der Waals surface area contributed by atoms with E-state index in [1.54, 1.807) is 18.2 Å². The van der Waals surface area contributed by atoms with Gasteiger partial charge in [-0.3, -0.25) is 19.7 Å². The summed E-state index contributed by atoms with van der Waals surface area (Å²) in [7, 11) is 0. The van der Waals surface area contributed by atoms with Crippen LogP contribution in [0.2, 0.25) is 0 Å². The van der Waals surface area contributed by atoms with Gasteiger partial charge in [-0.1, -0.05) is 12.1 Å². The summed E-state index contributed by atoms with van der Waals surface area (Å²) < 4.78 is 11.2. The molecule has 3 amide bonds. The van der Waals surface area contributed by atoms with Gasteiger partial charge < -0.3 is 20.5 Å². The third-order valence-corrected chi connectivity index (χ3v) is 3.66. The molecule has 8 nitrogen and oxygen atoms in total. The number of nitrogens with one attached hydrogen (secondary N) is 2. The summed E-state index contributed by atoms with van der Waals surface area (Å²) in [6, 6.07) is 13.1. The zero-order valence-corrected chi connectivity index (χ0v) is 13.7. The second-order valence-corrected chi connectivity index (χ2v) is 5.61. The number of para-hydroxylation sites is 2. The molecule has 0 saturated heterocycles. The maximum Gasteiger partial charge on any atom is 0.316 e. The first-order chi connectivity index (χ1) is 12.5. The number of imide groups is 1. The van der Waals surface area contributed by atoms with Gasteiger partial charge in [0.2, 0.25) is 0 Å². The van der Waals surface area contributed by atoms with E-state index < -0.39 is 23.8 Å². The summed E-state index contributed by atoms with van der Waals surface area (Å²) in [5, 5.41) is 4.44. The van der Waals surface area contributed by atoms with E-state index in [1.165, 1.54) is 24.3 Å². The molecule has 2 aromatic rings. The Labute approximate surface area is 149 Å². The third-order valence-electron chi connectivity index (χ3n) is 3.66. The molecule has 0 bridgehead atoms. The van der Waals surface area contributed by atoms with E-state index in [1.807, 2.05) is 11.4 Å². The van der Waals surface area contributed by atoms with Crippen LogP contribution >= 0.6 is 0 Å². The number of rotatable bonds is 3. The zero-order valence-electron chi connectivity index (χ0n) is 13.7. The van der Waals surface area contributed by atoms with E-state index >= 15 is 0 Å². The van der Waals surface area contributed by atoms with Crippen LogP contribution in [0.25, 0.3) is 0 Å². The van der Waals surface area contributed by atoms with Crippen LogP contribution in [-0.2, 0) is 9.59 Å². The normalized spacial score (nSPS) is 15.0. The minimum absolute atomic E-state index is 0.0661. The molecule has 1 aliphatic rings. The minimum atomic E-state index is -1.05. The second kappa shape index (κ2) is 7.56. The fourth-order valence-corrected chi connectivity index (χ4v) is 2.32. The van der Waals surface area contributed by atoms with Crippen molar-refractivity contribution >= 4 is 23.4 Å². The minimum Gasteiger partial charge on any atom is -0.486 e. The average molecular weight is 355 g/mol. The quantitative estimate of drug-likeness (QED) is 0.544. The summed E-state index contributed by atoms with van der Waals surface area (Å²) >= 11 is 0. The molecule has 0 spiro atoms. The molecule has 2 aromatic carbocycles. The van der Waals surface area contributed by atoms with Crippen LogP contribution < -0.4 is 25.8 Å². The van der Waals surface area contributed by atoms with Crippen molar-refractivity contribution in [2.75, 3.05) is 18.9 Å². The Morgan fingerprint density at radius 2 is 1.69 bits per heavy atom. The number of anilines is 1. The highest BCUT2D eigenvalue weighted by Gasteiger charge is 2.23. The average Bonchev–Trinajstić information content (AvgIpc) is 2.66. The van der Waals surface area contributed by atoms with Gasteiger partial charge in [-0.05, 0) is 36.4 Å². The number of carbonyl (C=O) groups excluding carboxylic acids is 3. The van der Waals surface area contributed by atoms with Crippen molar-refractivity contribution in [3.05, 3.63) is 54.1 Å². The van der Waals surface area contributed by atoms with Gasteiger partial charge in [-0.15, -0.1) is 0 Å². The SMILES string of the molecule is Nc1ccc(C(=O)NC(=O)C(=O)NCC2COc3ccccc3O2)cc1. The number of nitrogens with two attached hydrogens (primary N) is 1. The van der Waals surface area contributed by atoms with Crippen LogP contribution in [0.4, 0.5) is 5.69 Å². The maximum atomic E-state index is 11.9. The monoisotopic (exact) mass is 355 g/mol. The molecule has 0 saturated carbocycles. The van der Waals surface area contributed by atoms with Crippen molar-refractivity contribution in [2.24, 2.45) is 0 Å². The van der Waals surface area contributed by atoms with Crippen LogP contribution in [0.15, 0.2) is 48.5 Å². The molecular formula is C18H17N3O5. The summed E-state index contributed by atoms with van der Waals surface area (Å²) in [6.07, 6.45) is -0.436. The van der Waals surface area contributed by atoms with Crippen LogP contribution in [-0.4, -0.2) is 37.0 Å². The Hall–Kier alpha value is -3.55. The summed E-state index contributed by atoms with van der Waals surface area (Å²) in [5.74, 6) is -1.47. The molecule has 26 heavy (non-hydrogen) atoms. The molecule has 134 valence electrons. The number of amides is 3. The van der Waals surface area contributed by atoms with Crippen LogP contribution in [0.1, 0.15) is 10.4 Å². The lowest BCUT2D eigenvalue weighted by atomic mass is 10.2. The van der Waals surface area contributed by atoms with Crippen LogP contribution in [0, 0.1) is 0 Å². The molecule has 1 unspecified atom stereocenters. The molecule has 4 N–H and O–H groups in total. The van der Waals surface area contributed by atoms with E-state index in [4.69, 9.17) is 15.2 Å². The smallest absolute Gasteiger partial charge is 0.316 e. The molecule has 1 heterocycles. The van der Waals surface area contributed by atoms with Gasteiger partial charge in [-0.2, -0.15) is 0 Å². The summed E-state index contributed by atoms with van der Waals surface area (Å²) in [4.78, 5) is 35.6. The molecule has 8 heteroatoms. The largest absolute Gasteiger partial charge is 0.486 e. The third kappa shape index (κ3) is 4.10. The second-order valence-electron chi connectivity index (χ2n) is 5.61. The number of carbonyl (C=O) groups is 3. The van der Waals surface area contributed by atoms with E-state index in [2.05, 4.69) is 5.32 Å². The van der Waals surface area contributed by atoms with Gasteiger partial charge in [-0.25, -0.2) is 0 Å². The Kier molecular flexibility index (Phi) is 5.02. The van der Waals surface area contributed by atoms with Crippen molar-refractivity contribution in [1.29, 1.82) is 0 Å². The number of hydrogen-bond donors (Lipinski definition) is 3. The molecule has 3 rings (SSSR count). The predicted molar refractivity (Wildman–Crippen MR) is 92.7 cm³/mol. The highest BCUT2D eigenvalue weighted by atomic mass is 16.6. The Balaban J connectivity index is 1.48. The number of ether oxygens (including phenoxy) is 2. The lowest BCUT2D eigenvalue weighted by molar-refractivity contribution is -0.138. The van der Waals surface area contributed by atoms with E-state index in [-0.39, 0.29) is 18.7 Å². The van der Waals surface area contributed by atoms with Gasteiger partial charge in [0.15, 0.2) is 11.5 Å². The molecule has 1 atom stereocenters. The Morgan fingerprint density at radius 1 is 1.00 bits per heavy atom. The number of hydrogen-bond acceptors (Lipinski definition) is 6. The molecule has 0 radical (unpaired) electrons. The van der Waals surface area contributed by atoms with Crippen LogP contribution in [0.3, 0.4) is 0 Å². The van der Waals surface area contributed by atoms with Crippen molar-refractivity contribution in [3.63, 3.8) is 0 Å². The first-order valence-electron chi connectivity index (χ1n) is 7.90. The molecule has 0 aliphatic carbocycles. The zero-order chi connectivity index (χ0) is 18.5. The highest BCUT2D eigenvalue weighted by molar-refractivity contribution is 6.38. The van der Waals surface area contributed by atoms with E-state index in [0.717, 1.165) is 0 Å². The molecular weight excluding hydrogens is 338 g/mol. The van der Waals surface area contributed by atoms with Gasteiger partial charge in [0.25, 0.3) is 5.91 Å². The number of fused-ring (bicyclic) bond motifs is 1. The molecule has 0 fully saturated rings.